The van der Waals surface area contributed by atoms with Gasteiger partial charge in [-0.05, 0) is 43.2 Å². The Hall–Kier alpha value is -1.92. The number of hydrogen-bond donors (Lipinski definition) is 0. The fourth-order valence-electron chi connectivity index (χ4n) is 4.78. The van der Waals surface area contributed by atoms with Gasteiger partial charge in [0.25, 0.3) is 5.91 Å². The van der Waals surface area contributed by atoms with Crippen molar-refractivity contribution in [1.29, 1.82) is 0 Å². The first-order valence-corrected chi connectivity index (χ1v) is 10.2. The van der Waals surface area contributed by atoms with Gasteiger partial charge >= 0.3 is 0 Å². The summed E-state index contributed by atoms with van der Waals surface area (Å²) < 4.78 is 0. The van der Waals surface area contributed by atoms with E-state index in [9.17, 15) is 9.59 Å². The van der Waals surface area contributed by atoms with Crippen LogP contribution in [0, 0.1) is 12.8 Å². The van der Waals surface area contributed by atoms with Crippen molar-refractivity contribution < 1.29 is 9.59 Å². The van der Waals surface area contributed by atoms with Gasteiger partial charge in [0.15, 0.2) is 0 Å². The normalized spacial score (nSPS) is 27.5. The lowest BCUT2D eigenvalue weighted by Gasteiger charge is -2.30. The number of imide groups is 1. The topological polar surface area (TPSA) is 43.9 Å². The Kier molecular flexibility index (Phi) is 4.25. The van der Waals surface area contributed by atoms with E-state index in [0.717, 1.165) is 30.6 Å². The molecule has 0 radical (unpaired) electrons. The Bertz CT molecular complexity index is 978. The third-order valence-electron chi connectivity index (χ3n) is 5.98. The Balaban J connectivity index is 1.60. The number of aryl methyl sites for hydroxylation is 1. The first kappa shape index (κ1) is 18.1. The fourth-order valence-corrected chi connectivity index (χ4v) is 5.30. The average molecular weight is 416 g/mol. The van der Waals surface area contributed by atoms with E-state index in [1.54, 1.807) is 12.1 Å². The van der Waals surface area contributed by atoms with E-state index in [4.69, 9.17) is 23.2 Å². The molecule has 3 aliphatic rings. The monoisotopic (exact) mass is 415 g/mol. The Morgan fingerprint density at radius 2 is 1.57 bits per heavy atom. The first-order valence-electron chi connectivity index (χ1n) is 9.40. The van der Waals surface area contributed by atoms with Gasteiger partial charge in [0.1, 0.15) is 6.04 Å². The Labute approximate surface area is 173 Å². The first-order chi connectivity index (χ1) is 13.5. The SMILES string of the molecule is Cc1ccc(N2C(=O)C3C(C2=O)N2CCCN2C3c2ccc(Cl)cc2Cl)cc1. The molecule has 3 fully saturated rings. The molecule has 5 nitrogen and oxygen atoms in total. The van der Waals surface area contributed by atoms with Crippen molar-refractivity contribution in [3.05, 3.63) is 63.6 Å². The zero-order chi connectivity index (χ0) is 19.6. The molecule has 3 atom stereocenters. The zero-order valence-corrected chi connectivity index (χ0v) is 16.8. The van der Waals surface area contributed by atoms with E-state index in [0.29, 0.717) is 15.7 Å². The number of fused-ring (bicyclic) bond motifs is 3. The lowest BCUT2D eigenvalue weighted by Crippen LogP contribution is -2.44. The minimum absolute atomic E-state index is 0.154. The number of amides is 2. The summed E-state index contributed by atoms with van der Waals surface area (Å²) in [5, 5.41) is 5.29. The maximum absolute atomic E-state index is 13.5. The summed E-state index contributed by atoms with van der Waals surface area (Å²) in [6.45, 7) is 3.55. The van der Waals surface area contributed by atoms with E-state index >= 15 is 0 Å². The number of carbonyl (C=O) groups excluding carboxylic acids is 2. The minimum atomic E-state index is -0.479. The standard InChI is InChI=1S/C21H19Cl2N3O2/c1-12-3-6-14(7-4-12)26-20(27)17-18(15-8-5-13(22)11-16(15)23)24-9-2-10-25(24)19(17)21(26)28/h3-8,11,17-19H,2,9-10H2,1H3. The van der Waals surface area contributed by atoms with Gasteiger partial charge in [-0.2, -0.15) is 0 Å². The highest BCUT2D eigenvalue weighted by molar-refractivity contribution is 6.35. The van der Waals surface area contributed by atoms with Crippen molar-refractivity contribution >= 4 is 40.7 Å². The quantitative estimate of drug-likeness (QED) is 0.698. The van der Waals surface area contributed by atoms with Crippen molar-refractivity contribution in [1.82, 2.24) is 10.0 Å². The fraction of sp³-hybridized carbons (Fsp3) is 0.333. The highest BCUT2D eigenvalue weighted by Crippen LogP contribution is 2.50. The molecule has 3 heterocycles. The predicted octanol–water partition coefficient (Wildman–Crippen LogP) is 3.84. The molecule has 0 aromatic heterocycles. The molecule has 0 bridgehead atoms. The third-order valence-corrected chi connectivity index (χ3v) is 6.54. The predicted molar refractivity (Wildman–Crippen MR) is 108 cm³/mol. The molecule has 0 N–H and O–H groups in total. The molecule has 7 heteroatoms. The van der Waals surface area contributed by atoms with E-state index in [2.05, 4.69) is 10.0 Å². The van der Waals surface area contributed by atoms with Crippen LogP contribution >= 0.6 is 23.2 Å². The van der Waals surface area contributed by atoms with Crippen LogP contribution in [0.15, 0.2) is 42.5 Å². The summed E-state index contributed by atoms with van der Waals surface area (Å²) in [5.41, 5.74) is 2.55. The number of rotatable bonds is 2. The van der Waals surface area contributed by atoms with Crippen molar-refractivity contribution in [3.63, 3.8) is 0 Å². The maximum atomic E-state index is 13.5. The molecule has 0 saturated carbocycles. The minimum Gasteiger partial charge on any atom is -0.274 e. The molecule has 0 spiro atoms. The molecular weight excluding hydrogens is 397 g/mol. The lowest BCUT2D eigenvalue weighted by molar-refractivity contribution is -0.126. The smallest absolute Gasteiger partial charge is 0.253 e. The summed E-state index contributed by atoms with van der Waals surface area (Å²) >= 11 is 12.6. The molecule has 144 valence electrons. The van der Waals surface area contributed by atoms with Crippen LogP contribution in [0.25, 0.3) is 0 Å². The Morgan fingerprint density at radius 3 is 2.25 bits per heavy atom. The number of halogens is 2. The molecule has 2 aromatic carbocycles. The van der Waals surface area contributed by atoms with E-state index < -0.39 is 12.0 Å². The molecular formula is C21H19Cl2N3O2. The van der Waals surface area contributed by atoms with Gasteiger partial charge in [0, 0.05) is 23.1 Å². The van der Waals surface area contributed by atoms with Gasteiger partial charge in [-0.25, -0.2) is 14.9 Å². The number of hydrazine groups is 1. The lowest BCUT2D eigenvalue weighted by atomic mass is 9.90. The van der Waals surface area contributed by atoms with Crippen molar-refractivity contribution in [2.24, 2.45) is 5.92 Å². The van der Waals surface area contributed by atoms with Crippen molar-refractivity contribution in [2.45, 2.75) is 25.4 Å². The molecule has 5 rings (SSSR count). The van der Waals surface area contributed by atoms with Gasteiger partial charge in [-0.15, -0.1) is 0 Å². The second-order valence-electron chi connectivity index (χ2n) is 7.61. The zero-order valence-electron chi connectivity index (χ0n) is 15.3. The summed E-state index contributed by atoms with van der Waals surface area (Å²) in [5.74, 6) is -0.796. The van der Waals surface area contributed by atoms with Gasteiger partial charge in [0.2, 0.25) is 5.91 Å². The van der Waals surface area contributed by atoms with Crippen LogP contribution in [0.1, 0.15) is 23.6 Å². The van der Waals surface area contributed by atoms with Crippen LogP contribution in [-0.2, 0) is 9.59 Å². The number of carbonyl (C=O) groups is 2. The van der Waals surface area contributed by atoms with Gasteiger partial charge < -0.3 is 0 Å². The van der Waals surface area contributed by atoms with Crippen LogP contribution in [0.3, 0.4) is 0 Å². The summed E-state index contributed by atoms with van der Waals surface area (Å²) in [4.78, 5) is 28.1. The maximum Gasteiger partial charge on any atom is 0.253 e. The van der Waals surface area contributed by atoms with Crippen LogP contribution < -0.4 is 4.90 Å². The second-order valence-corrected chi connectivity index (χ2v) is 8.45. The van der Waals surface area contributed by atoms with Crippen LogP contribution in [0.5, 0.6) is 0 Å². The molecule has 0 aliphatic carbocycles. The van der Waals surface area contributed by atoms with Crippen LogP contribution in [0.2, 0.25) is 10.0 Å². The molecule has 2 amide bonds. The number of anilines is 1. The van der Waals surface area contributed by atoms with E-state index in [1.807, 2.05) is 37.3 Å². The molecule has 2 aromatic rings. The average Bonchev–Trinajstić information content (AvgIpc) is 3.30. The summed E-state index contributed by atoms with van der Waals surface area (Å²) in [6.07, 6.45) is 0.955. The number of hydrogen-bond acceptors (Lipinski definition) is 4. The number of nitrogens with zero attached hydrogens (tertiary/aromatic N) is 3. The molecule has 3 aliphatic heterocycles. The highest BCUT2D eigenvalue weighted by atomic mass is 35.5. The summed E-state index contributed by atoms with van der Waals surface area (Å²) in [6, 6.07) is 12.1. The van der Waals surface area contributed by atoms with Gasteiger partial charge in [-0.3, -0.25) is 9.59 Å². The summed E-state index contributed by atoms with van der Waals surface area (Å²) in [7, 11) is 0. The van der Waals surface area contributed by atoms with Crippen LogP contribution in [0.4, 0.5) is 5.69 Å². The van der Waals surface area contributed by atoms with Gasteiger partial charge in [-0.1, -0.05) is 47.0 Å². The number of benzene rings is 2. The second kappa shape index (κ2) is 6.56. The van der Waals surface area contributed by atoms with E-state index in [1.165, 1.54) is 4.90 Å². The van der Waals surface area contributed by atoms with Crippen LogP contribution in [-0.4, -0.2) is 41.0 Å². The Morgan fingerprint density at radius 1 is 0.893 bits per heavy atom. The van der Waals surface area contributed by atoms with E-state index in [-0.39, 0.29) is 17.9 Å². The van der Waals surface area contributed by atoms with Gasteiger partial charge in [0.05, 0.1) is 17.6 Å². The van der Waals surface area contributed by atoms with Crippen molar-refractivity contribution in [3.8, 4) is 0 Å². The molecule has 3 saturated heterocycles. The van der Waals surface area contributed by atoms with Crippen molar-refractivity contribution in [2.75, 3.05) is 18.0 Å². The molecule has 3 unspecified atom stereocenters. The molecule has 28 heavy (non-hydrogen) atoms. The largest absolute Gasteiger partial charge is 0.274 e. The third kappa shape index (κ3) is 2.54. The highest BCUT2D eigenvalue weighted by Gasteiger charge is 2.63.